The van der Waals surface area contributed by atoms with Crippen molar-refractivity contribution in [1.29, 1.82) is 0 Å². The summed E-state index contributed by atoms with van der Waals surface area (Å²) >= 11 is 7.35. The fourth-order valence-electron chi connectivity index (χ4n) is 1.24. The van der Waals surface area contributed by atoms with E-state index in [1.54, 1.807) is 12.4 Å². The van der Waals surface area contributed by atoms with E-state index in [-0.39, 0.29) is 6.04 Å². The summed E-state index contributed by atoms with van der Waals surface area (Å²) in [6, 6.07) is 3.75. The molecule has 6 heteroatoms. The van der Waals surface area contributed by atoms with Crippen molar-refractivity contribution in [2.24, 2.45) is 5.84 Å². The van der Waals surface area contributed by atoms with Crippen LogP contribution in [0.2, 0.25) is 4.34 Å². The second-order valence-corrected chi connectivity index (χ2v) is 4.52. The van der Waals surface area contributed by atoms with E-state index < -0.39 is 0 Å². The largest absolute Gasteiger partial charge is 0.285 e. The lowest BCUT2D eigenvalue weighted by Gasteiger charge is -2.11. The lowest BCUT2D eigenvalue weighted by Crippen LogP contribution is -2.27. The molecular formula is C8H9ClN4S. The Morgan fingerprint density at radius 1 is 1.57 bits per heavy atom. The number of halogens is 1. The highest BCUT2D eigenvalue weighted by molar-refractivity contribution is 7.16. The van der Waals surface area contributed by atoms with Gasteiger partial charge in [-0.15, -0.1) is 11.3 Å². The minimum Gasteiger partial charge on any atom is -0.285 e. The predicted octanol–water partition coefficient (Wildman–Crippen LogP) is 1.68. The maximum absolute atomic E-state index is 5.85. The Balaban J connectivity index is 2.31. The van der Waals surface area contributed by atoms with Gasteiger partial charge < -0.3 is 0 Å². The molecule has 1 atom stereocenters. The van der Waals surface area contributed by atoms with E-state index in [2.05, 4.69) is 15.6 Å². The van der Waals surface area contributed by atoms with Crippen molar-refractivity contribution in [2.45, 2.75) is 6.04 Å². The molecule has 74 valence electrons. The first-order valence-electron chi connectivity index (χ1n) is 4.01. The van der Waals surface area contributed by atoms with Crippen molar-refractivity contribution in [3.8, 4) is 0 Å². The molecule has 2 aromatic rings. The zero-order valence-electron chi connectivity index (χ0n) is 7.20. The van der Waals surface area contributed by atoms with E-state index in [4.69, 9.17) is 17.4 Å². The Morgan fingerprint density at radius 2 is 2.43 bits per heavy atom. The summed E-state index contributed by atoms with van der Waals surface area (Å²) < 4.78 is 0.753. The number of aromatic amines is 1. The third-order valence-corrected chi connectivity index (χ3v) is 3.19. The molecule has 0 aliphatic rings. The molecule has 0 spiro atoms. The summed E-state index contributed by atoms with van der Waals surface area (Å²) in [6.07, 6.45) is 3.54. The Bertz CT molecular complexity index is 397. The highest BCUT2D eigenvalue weighted by Crippen LogP contribution is 2.29. The molecule has 1 unspecified atom stereocenters. The maximum atomic E-state index is 5.85. The number of nitrogens with one attached hydrogen (secondary N) is 2. The van der Waals surface area contributed by atoms with Crippen LogP contribution in [-0.2, 0) is 0 Å². The van der Waals surface area contributed by atoms with Gasteiger partial charge in [-0.05, 0) is 12.1 Å². The molecule has 0 fully saturated rings. The molecule has 0 bridgehead atoms. The minimum atomic E-state index is -0.0498. The molecule has 2 rings (SSSR count). The molecule has 4 nitrogen and oxygen atoms in total. The number of hydrogen-bond donors (Lipinski definition) is 3. The molecule has 0 radical (unpaired) electrons. The van der Waals surface area contributed by atoms with Crippen molar-refractivity contribution in [3.05, 3.63) is 39.3 Å². The van der Waals surface area contributed by atoms with Crippen LogP contribution in [0.5, 0.6) is 0 Å². The molecule has 0 aromatic carbocycles. The number of nitrogens with two attached hydrogens (primary N) is 1. The quantitative estimate of drug-likeness (QED) is 0.553. The normalized spacial score (nSPS) is 13.0. The zero-order valence-corrected chi connectivity index (χ0v) is 8.77. The molecule has 0 saturated heterocycles. The number of aromatic nitrogens is 2. The number of thiophene rings is 1. The van der Waals surface area contributed by atoms with Crippen molar-refractivity contribution in [1.82, 2.24) is 15.6 Å². The smallest absolute Gasteiger partial charge is 0.0931 e. The van der Waals surface area contributed by atoms with E-state index in [1.165, 1.54) is 11.3 Å². The highest BCUT2D eigenvalue weighted by Gasteiger charge is 2.14. The van der Waals surface area contributed by atoms with Gasteiger partial charge in [-0.3, -0.25) is 10.9 Å². The van der Waals surface area contributed by atoms with Crippen molar-refractivity contribution >= 4 is 22.9 Å². The Kier molecular flexibility index (Phi) is 2.83. The van der Waals surface area contributed by atoms with Crippen LogP contribution in [0, 0.1) is 0 Å². The molecule has 14 heavy (non-hydrogen) atoms. The van der Waals surface area contributed by atoms with Gasteiger partial charge in [0.25, 0.3) is 0 Å². The summed E-state index contributed by atoms with van der Waals surface area (Å²) in [5, 5.41) is 6.62. The van der Waals surface area contributed by atoms with Gasteiger partial charge >= 0.3 is 0 Å². The second-order valence-electron chi connectivity index (χ2n) is 2.77. The maximum Gasteiger partial charge on any atom is 0.0931 e. The summed E-state index contributed by atoms with van der Waals surface area (Å²) in [5.74, 6) is 5.48. The van der Waals surface area contributed by atoms with Crippen LogP contribution in [-0.4, -0.2) is 10.2 Å². The summed E-state index contributed by atoms with van der Waals surface area (Å²) in [6.45, 7) is 0. The molecule has 0 amide bonds. The lowest BCUT2D eigenvalue weighted by molar-refractivity contribution is 0.647. The van der Waals surface area contributed by atoms with E-state index in [1.807, 2.05) is 12.1 Å². The molecule has 2 heterocycles. The topological polar surface area (TPSA) is 66.7 Å². The van der Waals surface area contributed by atoms with Gasteiger partial charge in [0, 0.05) is 16.6 Å². The number of H-pyrrole nitrogens is 1. The Labute approximate surface area is 90.1 Å². The van der Waals surface area contributed by atoms with Crippen LogP contribution in [0.1, 0.15) is 16.5 Å². The van der Waals surface area contributed by atoms with Crippen molar-refractivity contribution in [3.63, 3.8) is 0 Å². The average Bonchev–Trinajstić information content (AvgIpc) is 2.79. The third kappa shape index (κ3) is 1.80. The van der Waals surface area contributed by atoms with E-state index in [9.17, 15) is 0 Å². The zero-order chi connectivity index (χ0) is 9.97. The molecular weight excluding hydrogens is 220 g/mol. The van der Waals surface area contributed by atoms with E-state index >= 15 is 0 Å². The number of nitrogens with zero attached hydrogens (tertiary/aromatic N) is 1. The van der Waals surface area contributed by atoms with Crippen LogP contribution in [0.3, 0.4) is 0 Å². The first kappa shape index (κ1) is 9.67. The third-order valence-electron chi connectivity index (χ3n) is 1.90. The van der Waals surface area contributed by atoms with Crippen LogP contribution in [0.15, 0.2) is 24.5 Å². The van der Waals surface area contributed by atoms with E-state index in [0.29, 0.717) is 0 Å². The number of hydrogen-bond acceptors (Lipinski definition) is 4. The predicted molar refractivity (Wildman–Crippen MR) is 57.1 cm³/mol. The second kappa shape index (κ2) is 4.10. The van der Waals surface area contributed by atoms with Crippen molar-refractivity contribution in [2.75, 3.05) is 0 Å². The Hall–Kier alpha value is -0.880. The number of hydrazine groups is 1. The van der Waals surface area contributed by atoms with Crippen LogP contribution in [0.4, 0.5) is 0 Å². The van der Waals surface area contributed by atoms with Gasteiger partial charge in [0.05, 0.1) is 16.6 Å². The van der Waals surface area contributed by atoms with Gasteiger partial charge in [-0.1, -0.05) is 11.6 Å². The molecule has 4 N–H and O–H groups in total. The van der Waals surface area contributed by atoms with Crippen LogP contribution in [0.25, 0.3) is 0 Å². The van der Waals surface area contributed by atoms with Crippen molar-refractivity contribution < 1.29 is 0 Å². The molecule has 0 saturated carbocycles. The average molecular weight is 229 g/mol. The molecule has 2 aromatic heterocycles. The fourth-order valence-corrected chi connectivity index (χ4v) is 2.39. The number of rotatable bonds is 3. The van der Waals surface area contributed by atoms with E-state index in [0.717, 1.165) is 14.8 Å². The lowest BCUT2D eigenvalue weighted by atomic mass is 10.1. The summed E-state index contributed by atoms with van der Waals surface area (Å²) in [5.41, 5.74) is 3.72. The first-order chi connectivity index (χ1) is 6.81. The molecule has 0 aliphatic carbocycles. The molecule has 0 aliphatic heterocycles. The van der Waals surface area contributed by atoms with Gasteiger partial charge in [0.15, 0.2) is 0 Å². The Morgan fingerprint density at radius 3 is 2.93 bits per heavy atom. The minimum absolute atomic E-state index is 0.0498. The highest BCUT2D eigenvalue weighted by atomic mass is 35.5. The first-order valence-corrected chi connectivity index (χ1v) is 5.20. The van der Waals surface area contributed by atoms with Gasteiger partial charge in [0.1, 0.15) is 0 Å². The van der Waals surface area contributed by atoms with Gasteiger partial charge in [-0.2, -0.15) is 5.10 Å². The van der Waals surface area contributed by atoms with Crippen LogP contribution >= 0.6 is 22.9 Å². The van der Waals surface area contributed by atoms with Gasteiger partial charge in [0.2, 0.25) is 0 Å². The standard InChI is InChI=1S/C8H9ClN4S/c9-7-2-1-6(14-7)8(13-10)5-3-11-12-4-5/h1-4,8,13H,10H2,(H,11,12). The van der Waals surface area contributed by atoms with Gasteiger partial charge in [-0.25, -0.2) is 5.43 Å². The summed E-state index contributed by atoms with van der Waals surface area (Å²) in [7, 11) is 0. The fraction of sp³-hybridized carbons (Fsp3) is 0.125. The SMILES string of the molecule is NNC(c1cn[nH]c1)c1ccc(Cl)s1. The van der Waals surface area contributed by atoms with Crippen LogP contribution < -0.4 is 11.3 Å². The monoisotopic (exact) mass is 228 g/mol. The summed E-state index contributed by atoms with van der Waals surface area (Å²) in [4.78, 5) is 1.07.